The zero-order valence-corrected chi connectivity index (χ0v) is 37.5. The van der Waals surface area contributed by atoms with Crippen molar-refractivity contribution in [2.24, 2.45) is 11.8 Å². The molecule has 0 aliphatic carbocycles. The van der Waals surface area contributed by atoms with Crippen LogP contribution in [0.5, 0.6) is 0 Å². The summed E-state index contributed by atoms with van der Waals surface area (Å²) in [5, 5.41) is 0. The SMILES string of the molecule is CCCCCC(CCCCC)CCOC(=O)COCC(=O)OCCCC(CCCOC(=O)COCC(=O)OCCC(CCCCC)CCCCC)OC(=O)CN(C)C. The van der Waals surface area contributed by atoms with Gasteiger partial charge in [0.1, 0.15) is 32.5 Å². The maximum atomic E-state index is 12.4. The van der Waals surface area contributed by atoms with Gasteiger partial charge in [-0.3, -0.25) is 9.69 Å². The minimum atomic E-state index is -0.604. The smallest absolute Gasteiger partial charge is 0.332 e. The molecule has 0 saturated heterocycles. The van der Waals surface area contributed by atoms with Gasteiger partial charge in [0, 0.05) is 0 Å². The van der Waals surface area contributed by atoms with Crippen LogP contribution in [0.25, 0.3) is 0 Å². The van der Waals surface area contributed by atoms with Gasteiger partial charge in [-0.25, -0.2) is 19.2 Å². The summed E-state index contributed by atoms with van der Waals surface area (Å²) < 4.78 is 37.3. The van der Waals surface area contributed by atoms with Gasteiger partial charge < -0.3 is 33.2 Å². The Labute approximate surface area is 351 Å². The minimum absolute atomic E-state index is 0.0824. The van der Waals surface area contributed by atoms with Crippen molar-refractivity contribution in [3.05, 3.63) is 0 Å². The van der Waals surface area contributed by atoms with Gasteiger partial charge in [0.05, 0.1) is 33.0 Å². The number of esters is 5. The lowest BCUT2D eigenvalue weighted by Gasteiger charge is -2.19. The molecular weight excluding hydrogens is 746 g/mol. The van der Waals surface area contributed by atoms with E-state index < -0.39 is 36.0 Å². The molecule has 0 rings (SSSR count). The molecule has 0 aromatic heterocycles. The number of rotatable bonds is 41. The standard InChI is InChI=1S/C45H83NO12/c1-7-11-15-21-38(22-16-12-8-2)27-31-56-44(50)36-52-34-42(48)54-29-19-25-40(58-41(47)33-46(5)6)26-20-30-55-43(49)35-53-37-45(51)57-32-28-39(23-17-13-9-3)24-18-14-10-4/h38-40H,7-37H2,1-6H3. The molecular formula is C45H83NO12. The molecule has 0 heterocycles. The second kappa shape index (κ2) is 39.7. The molecule has 0 fully saturated rings. The lowest BCUT2D eigenvalue weighted by Crippen LogP contribution is -2.28. The van der Waals surface area contributed by atoms with E-state index in [9.17, 15) is 24.0 Å². The van der Waals surface area contributed by atoms with Crippen LogP contribution >= 0.6 is 0 Å². The van der Waals surface area contributed by atoms with E-state index >= 15 is 0 Å². The molecule has 0 N–H and O–H groups in total. The Morgan fingerprint density at radius 3 is 1.03 bits per heavy atom. The first-order valence-electron chi connectivity index (χ1n) is 22.7. The Bertz CT molecular complexity index is 951. The van der Waals surface area contributed by atoms with Crippen molar-refractivity contribution < 1.29 is 57.1 Å². The van der Waals surface area contributed by atoms with Gasteiger partial charge in [0.2, 0.25) is 0 Å². The summed E-state index contributed by atoms with van der Waals surface area (Å²) in [5.41, 5.74) is 0. The number of hydrogen-bond donors (Lipinski definition) is 0. The van der Waals surface area contributed by atoms with Gasteiger partial charge in [-0.1, -0.05) is 130 Å². The molecule has 58 heavy (non-hydrogen) atoms. The van der Waals surface area contributed by atoms with Crippen LogP contribution in [0.4, 0.5) is 0 Å². The highest BCUT2D eigenvalue weighted by molar-refractivity contribution is 5.74. The van der Waals surface area contributed by atoms with Gasteiger partial charge in [-0.05, 0) is 64.5 Å². The molecule has 0 aliphatic rings. The Morgan fingerprint density at radius 2 is 0.724 bits per heavy atom. The molecule has 13 nitrogen and oxygen atoms in total. The third-order valence-corrected chi connectivity index (χ3v) is 9.93. The molecule has 340 valence electrons. The summed E-state index contributed by atoms with van der Waals surface area (Å²) in [6.07, 6.45) is 21.9. The normalized spacial score (nSPS) is 11.4. The minimum Gasteiger partial charge on any atom is -0.464 e. The van der Waals surface area contributed by atoms with E-state index in [0.29, 0.717) is 50.7 Å². The predicted molar refractivity (Wildman–Crippen MR) is 225 cm³/mol. The summed E-state index contributed by atoms with van der Waals surface area (Å²) in [4.78, 5) is 62.7. The summed E-state index contributed by atoms with van der Waals surface area (Å²) in [6, 6.07) is 0. The molecule has 0 radical (unpaired) electrons. The van der Waals surface area contributed by atoms with Gasteiger partial charge in [-0.2, -0.15) is 0 Å². The highest BCUT2D eigenvalue weighted by Crippen LogP contribution is 2.22. The van der Waals surface area contributed by atoms with E-state index in [0.717, 1.165) is 38.5 Å². The van der Waals surface area contributed by atoms with E-state index in [1.165, 1.54) is 77.0 Å². The largest absolute Gasteiger partial charge is 0.464 e. The quantitative estimate of drug-likeness (QED) is 0.0329. The first-order chi connectivity index (χ1) is 28.0. The number of unbranched alkanes of at least 4 members (excludes halogenated alkanes) is 8. The maximum Gasteiger partial charge on any atom is 0.332 e. The van der Waals surface area contributed by atoms with Crippen LogP contribution in [-0.4, -0.2) is 114 Å². The Morgan fingerprint density at radius 1 is 0.397 bits per heavy atom. The van der Waals surface area contributed by atoms with Gasteiger partial charge >= 0.3 is 29.8 Å². The first-order valence-corrected chi connectivity index (χ1v) is 22.7. The number of carbonyl (C=O) groups excluding carboxylic acids is 5. The second-order valence-corrected chi connectivity index (χ2v) is 15.8. The predicted octanol–water partition coefficient (Wildman–Crippen LogP) is 8.56. The van der Waals surface area contributed by atoms with Crippen molar-refractivity contribution in [3.63, 3.8) is 0 Å². The fourth-order valence-electron chi connectivity index (χ4n) is 6.62. The first kappa shape index (κ1) is 55.2. The van der Waals surface area contributed by atoms with Crippen molar-refractivity contribution in [2.75, 3.05) is 73.5 Å². The number of carbonyl (C=O) groups is 5. The Kier molecular flexibility index (Phi) is 37.8. The maximum absolute atomic E-state index is 12.4. The molecule has 0 aliphatic heterocycles. The molecule has 0 unspecified atom stereocenters. The van der Waals surface area contributed by atoms with E-state index in [-0.39, 0.29) is 46.2 Å². The van der Waals surface area contributed by atoms with Crippen LogP contribution in [0.3, 0.4) is 0 Å². The molecule has 0 bridgehead atoms. The van der Waals surface area contributed by atoms with Crippen molar-refractivity contribution >= 4 is 29.8 Å². The fourth-order valence-corrected chi connectivity index (χ4v) is 6.62. The van der Waals surface area contributed by atoms with Crippen molar-refractivity contribution in [3.8, 4) is 0 Å². The number of hydrogen-bond acceptors (Lipinski definition) is 13. The molecule has 0 amide bonds. The summed E-state index contributed by atoms with van der Waals surface area (Å²) in [5.74, 6) is -1.49. The zero-order valence-electron chi connectivity index (χ0n) is 37.5. The van der Waals surface area contributed by atoms with E-state index in [1.807, 2.05) is 0 Å². The third-order valence-electron chi connectivity index (χ3n) is 9.93. The highest BCUT2D eigenvalue weighted by Gasteiger charge is 2.17. The highest BCUT2D eigenvalue weighted by atomic mass is 16.6. The average Bonchev–Trinajstić information content (AvgIpc) is 3.17. The molecule has 0 aromatic rings. The number of ether oxygens (including phenoxy) is 7. The van der Waals surface area contributed by atoms with E-state index in [2.05, 4.69) is 27.7 Å². The van der Waals surface area contributed by atoms with Crippen molar-refractivity contribution in [2.45, 2.75) is 175 Å². The van der Waals surface area contributed by atoms with Crippen LogP contribution in [0.2, 0.25) is 0 Å². The molecule has 13 heteroatoms. The molecule has 0 spiro atoms. The van der Waals surface area contributed by atoms with Crippen LogP contribution < -0.4 is 0 Å². The molecule has 0 aromatic carbocycles. The topological polar surface area (TPSA) is 153 Å². The monoisotopic (exact) mass is 830 g/mol. The van der Waals surface area contributed by atoms with Crippen LogP contribution in [0.1, 0.15) is 169 Å². The lowest BCUT2D eigenvalue weighted by atomic mass is 9.92. The number of likely N-dealkylation sites (N-methyl/N-ethyl adjacent to an activating group) is 1. The van der Waals surface area contributed by atoms with Crippen LogP contribution in [0.15, 0.2) is 0 Å². The Balaban J connectivity index is 4.39. The van der Waals surface area contributed by atoms with Gasteiger partial charge in [-0.15, -0.1) is 0 Å². The summed E-state index contributed by atoms with van der Waals surface area (Å²) >= 11 is 0. The van der Waals surface area contributed by atoms with Gasteiger partial charge in [0.25, 0.3) is 0 Å². The van der Waals surface area contributed by atoms with Crippen LogP contribution in [-0.2, 0) is 57.1 Å². The summed E-state index contributed by atoms with van der Waals surface area (Å²) in [6.45, 7) is 8.37. The molecule has 0 atom stereocenters. The van der Waals surface area contributed by atoms with Gasteiger partial charge in [0.15, 0.2) is 0 Å². The summed E-state index contributed by atoms with van der Waals surface area (Å²) in [7, 11) is 3.53. The Hall–Kier alpha value is -2.77. The lowest BCUT2D eigenvalue weighted by molar-refractivity contribution is -0.157. The van der Waals surface area contributed by atoms with Crippen molar-refractivity contribution in [1.82, 2.24) is 4.90 Å². The van der Waals surface area contributed by atoms with Crippen LogP contribution in [0, 0.1) is 11.8 Å². The van der Waals surface area contributed by atoms with E-state index in [4.69, 9.17) is 33.2 Å². The van der Waals surface area contributed by atoms with Crippen molar-refractivity contribution in [1.29, 1.82) is 0 Å². The molecule has 0 saturated carbocycles. The number of nitrogens with zero attached hydrogens (tertiary/aromatic N) is 1. The second-order valence-electron chi connectivity index (χ2n) is 15.8. The fraction of sp³-hybridized carbons (Fsp3) is 0.889. The average molecular weight is 830 g/mol. The zero-order chi connectivity index (χ0) is 43.1. The third kappa shape index (κ3) is 36.3. The van der Waals surface area contributed by atoms with E-state index in [1.54, 1.807) is 19.0 Å².